The number of nitrogens with zero attached hydrogens (tertiary/aromatic N) is 4. The van der Waals surface area contributed by atoms with Crippen molar-refractivity contribution in [2.45, 2.75) is 59.0 Å². The molecule has 140 valence electrons. The third kappa shape index (κ3) is 8.01. The smallest absolute Gasteiger partial charge is 0.168 e. The van der Waals surface area contributed by atoms with E-state index in [-0.39, 0.29) is 0 Å². The Morgan fingerprint density at radius 3 is 1.80 bits per heavy atom. The predicted octanol–water partition coefficient (Wildman–Crippen LogP) is 4.88. The van der Waals surface area contributed by atoms with Crippen LogP contribution in [-0.4, -0.2) is 51.3 Å². The molecule has 0 radical (unpaired) electrons. The van der Waals surface area contributed by atoms with Gasteiger partial charge in [-0.05, 0) is 12.5 Å². The fourth-order valence-electron chi connectivity index (χ4n) is 2.06. The van der Waals surface area contributed by atoms with Crippen LogP contribution in [0.3, 0.4) is 0 Å². The van der Waals surface area contributed by atoms with E-state index in [9.17, 15) is 0 Å². The average Bonchev–Trinajstić information content (AvgIpc) is 2.45. The fourth-order valence-corrected chi connectivity index (χ4v) is 2.98. The van der Waals surface area contributed by atoms with Crippen LogP contribution >= 0.6 is 0 Å². The van der Waals surface area contributed by atoms with Gasteiger partial charge in [-0.25, -0.2) is 0 Å². The zero-order valence-electron chi connectivity index (χ0n) is 17.6. The molecule has 0 aliphatic heterocycles. The summed E-state index contributed by atoms with van der Waals surface area (Å²) in [6, 6.07) is 10.6. The van der Waals surface area contributed by atoms with Gasteiger partial charge in [-0.2, -0.15) is 10.2 Å². The Balaban J connectivity index is 3.02. The molecule has 0 atom stereocenters. The Bertz CT molecular complexity index is 598. The average molecular weight is 377 g/mol. The van der Waals surface area contributed by atoms with Gasteiger partial charge in [-0.1, -0.05) is 69.6 Å². The van der Waals surface area contributed by atoms with E-state index in [0.29, 0.717) is 0 Å². The molecule has 0 spiro atoms. The van der Waals surface area contributed by atoms with E-state index >= 15 is 0 Å². The van der Waals surface area contributed by atoms with E-state index in [1.807, 2.05) is 0 Å². The molecule has 0 saturated heterocycles. The molecule has 1 aromatic carbocycles. The first-order chi connectivity index (χ1) is 11.4. The lowest BCUT2D eigenvalue weighted by atomic mass is 10.0. The van der Waals surface area contributed by atoms with Crippen molar-refractivity contribution in [3.8, 4) is 0 Å². The van der Waals surface area contributed by atoms with Crippen LogP contribution in [0.1, 0.15) is 18.9 Å². The maximum Gasteiger partial charge on any atom is 0.168 e. The zero-order chi connectivity index (χ0) is 19.3. The molecule has 4 nitrogen and oxygen atoms in total. The Morgan fingerprint density at radius 1 is 0.840 bits per heavy atom. The summed E-state index contributed by atoms with van der Waals surface area (Å²) >= 11 is 0. The van der Waals surface area contributed by atoms with E-state index in [1.54, 1.807) is 0 Å². The summed E-state index contributed by atoms with van der Waals surface area (Å²) in [5.41, 5.74) is 3.61. The summed E-state index contributed by atoms with van der Waals surface area (Å²) in [7, 11) is 1.34. The van der Waals surface area contributed by atoms with Gasteiger partial charge in [0, 0.05) is 38.4 Å². The maximum absolute atomic E-state index is 4.98. The maximum atomic E-state index is 4.98. The lowest BCUT2D eigenvalue weighted by Crippen LogP contribution is -2.40. The first kappa shape index (κ1) is 21.6. The van der Waals surface area contributed by atoms with Crippen molar-refractivity contribution in [3.63, 3.8) is 0 Å². The molecular weight excluding hydrogens is 340 g/mol. The van der Waals surface area contributed by atoms with Crippen LogP contribution in [0.25, 0.3) is 0 Å². The summed E-state index contributed by atoms with van der Waals surface area (Å²) in [5.74, 6) is 0. The standard InChI is InChI=1S/C19H36N4Si2/c1-17(20-22(2)24(4,5)6)15-19(21-23(3)25(7,8)9)16-18-13-11-10-12-14-18/h10-14H,15-16H2,1-9H3/b20-17+,21-19+. The van der Waals surface area contributed by atoms with Gasteiger partial charge in [-0.3, -0.25) is 0 Å². The van der Waals surface area contributed by atoms with Crippen LogP contribution in [0, 0.1) is 0 Å². The molecule has 0 saturated carbocycles. The van der Waals surface area contributed by atoms with Crippen LogP contribution in [-0.2, 0) is 6.42 Å². The van der Waals surface area contributed by atoms with Crippen molar-refractivity contribution in [1.82, 2.24) is 9.35 Å². The van der Waals surface area contributed by atoms with Crippen molar-refractivity contribution < 1.29 is 0 Å². The molecule has 0 unspecified atom stereocenters. The van der Waals surface area contributed by atoms with Crippen LogP contribution in [0.15, 0.2) is 40.5 Å². The minimum atomic E-state index is -1.45. The van der Waals surface area contributed by atoms with Crippen LogP contribution in [0.2, 0.25) is 39.3 Å². The monoisotopic (exact) mass is 376 g/mol. The van der Waals surface area contributed by atoms with Gasteiger partial charge in [0.05, 0.1) is 0 Å². The highest BCUT2D eigenvalue weighted by molar-refractivity contribution is 6.73. The number of hydrazone groups is 2. The van der Waals surface area contributed by atoms with Gasteiger partial charge in [0.25, 0.3) is 0 Å². The SMILES string of the molecule is C/C(C/C(Cc1ccccc1)=N\N(C)[Si](C)(C)C)=N\N(C)[Si](C)(C)C. The van der Waals surface area contributed by atoms with E-state index in [2.05, 4.69) is 100.0 Å². The Morgan fingerprint density at radius 2 is 1.32 bits per heavy atom. The van der Waals surface area contributed by atoms with Crippen LogP contribution in [0.4, 0.5) is 0 Å². The summed E-state index contributed by atoms with van der Waals surface area (Å²) in [5, 5.41) is 9.80. The van der Waals surface area contributed by atoms with E-state index < -0.39 is 16.5 Å². The Hall–Kier alpha value is -1.41. The summed E-state index contributed by atoms with van der Waals surface area (Å²) in [6.07, 6.45) is 1.69. The molecule has 0 bridgehead atoms. The minimum absolute atomic E-state index is 0.818. The zero-order valence-corrected chi connectivity index (χ0v) is 19.6. The second-order valence-electron chi connectivity index (χ2n) is 8.73. The van der Waals surface area contributed by atoms with E-state index in [1.165, 1.54) is 11.3 Å². The van der Waals surface area contributed by atoms with Crippen LogP contribution in [0.5, 0.6) is 0 Å². The summed E-state index contributed by atoms with van der Waals surface area (Å²) in [6.45, 7) is 16.0. The highest BCUT2D eigenvalue weighted by Crippen LogP contribution is 2.12. The predicted molar refractivity (Wildman–Crippen MR) is 118 cm³/mol. The number of hydrogen-bond acceptors (Lipinski definition) is 4. The second kappa shape index (κ2) is 8.80. The quantitative estimate of drug-likeness (QED) is 0.368. The highest BCUT2D eigenvalue weighted by Gasteiger charge is 2.21. The Kier molecular flexibility index (Phi) is 7.62. The van der Waals surface area contributed by atoms with Gasteiger partial charge in [0.1, 0.15) is 0 Å². The first-order valence-electron chi connectivity index (χ1n) is 9.01. The van der Waals surface area contributed by atoms with E-state index in [0.717, 1.165) is 18.6 Å². The molecule has 25 heavy (non-hydrogen) atoms. The Labute approximate surface area is 156 Å². The van der Waals surface area contributed by atoms with Crippen molar-refractivity contribution in [2.75, 3.05) is 14.1 Å². The van der Waals surface area contributed by atoms with Crippen molar-refractivity contribution >= 4 is 27.9 Å². The summed E-state index contributed by atoms with van der Waals surface area (Å²) < 4.78 is 4.37. The van der Waals surface area contributed by atoms with E-state index in [4.69, 9.17) is 10.2 Å². The third-order valence-electron chi connectivity index (χ3n) is 4.26. The van der Waals surface area contributed by atoms with Crippen molar-refractivity contribution in [2.24, 2.45) is 10.2 Å². The topological polar surface area (TPSA) is 31.2 Å². The molecule has 1 aromatic rings. The second-order valence-corrected chi connectivity index (χ2v) is 18.7. The number of hydrogen-bond donors (Lipinski definition) is 0. The first-order valence-corrected chi connectivity index (χ1v) is 15.9. The molecule has 0 amide bonds. The molecular formula is C19H36N4Si2. The molecule has 0 fully saturated rings. The lowest BCUT2D eigenvalue weighted by molar-refractivity contribution is 0.542. The molecule has 0 heterocycles. The van der Waals surface area contributed by atoms with Gasteiger partial charge in [-0.15, -0.1) is 0 Å². The van der Waals surface area contributed by atoms with Crippen LogP contribution < -0.4 is 0 Å². The highest BCUT2D eigenvalue weighted by atomic mass is 28.3. The molecule has 0 N–H and O–H groups in total. The van der Waals surface area contributed by atoms with Crippen molar-refractivity contribution in [3.05, 3.63) is 35.9 Å². The van der Waals surface area contributed by atoms with Gasteiger partial charge >= 0.3 is 0 Å². The third-order valence-corrected chi connectivity index (χ3v) is 8.35. The molecule has 0 aliphatic rings. The number of benzene rings is 1. The largest absolute Gasteiger partial charge is 0.328 e. The molecule has 0 aliphatic carbocycles. The summed E-state index contributed by atoms with van der Waals surface area (Å²) in [4.78, 5) is 0. The molecule has 0 aromatic heterocycles. The van der Waals surface area contributed by atoms with Gasteiger partial charge in [0.2, 0.25) is 0 Å². The van der Waals surface area contributed by atoms with Crippen molar-refractivity contribution in [1.29, 1.82) is 0 Å². The minimum Gasteiger partial charge on any atom is -0.328 e. The lowest BCUT2D eigenvalue weighted by Gasteiger charge is -2.29. The van der Waals surface area contributed by atoms with Gasteiger partial charge < -0.3 is 9.35 Å². The number of rotatable bonds is 8. The normalized spacial score (nSPS) is 13.8. The molecule has 1 rings (SSSR count). The molecule has 6 heteroatoms. The fraction of sp³-hybridized carbons (Fsp3) is 0.579. The van der Waals surface area contributed by atoms with Gasteiger partial charge in [0.15, 0.2) is 16.5 Å².